The smallest absolute Gasteiger partial charge is 0.135 e. The van der Waals surface area contributed by atoms with Crippen LogP contribution in [0.15, 0.2) is 18.2 Å². The van der Waals surface area contributed by atoms with Crippen LogP contribution in [0.25, 0.3) is 0 Å². The number of halogens is 1. The lowest BCUT2D eigenvalue weighted by Gasteiger charge is -2.41. The first-order valence-corrected chi connectivity index (χ1v) is 6.03. The van der Waals surface area contributed by atoms with E-state index in [4.69, 9.17) is 21.1 Å². The van der Waals surface area contributed by atoms with Crippen molar-refractivity contribution in [2.24, 2.45) is 0 Å². The molecule has 1 heterocycles. The molecule has 3 nitrogen and oxygen atoms in total. The zero-order chi connectivity index (χ0) is 12.6. The largest absolute Gasteiger partial charge is 0.484 e. The van der Waals surface area contributed by atoms with Gasteiger partial charge in [0.15, 0.2) is 0 Å². The van der Waals surface area contributed by atoms with E-state index >= 15 is 0 Å². The van der Waals surface area contributed by atoms with Gasteiger partial charge in [0.25, 0.3) is 0 Å². The molecule has 0 amide bonds. The van der Waals surface area contributed by atoms with E-state index in [0.29, 0.717) is 17.2 Å². The van der Waals surface area contributed by atoms with Gasteiger partial charge in [-0.15, -0.1) is 0 Å². The quantitative estimate of drug-likeness (QED) is 0.884. The van der Waals surface area contributed by atoms with Gasteiger partial charge >= 0.3 is 0 Å². The number of hydrogen-bond donors (Lipinski definition) is 1. The van der Waals surface area contributed by atoms with Gasteiger partial charge < -0.3 is 14.6 Å². The third kappa shape index (κ3) is 2.28. The molecular weight excluding hydrogens is 240 g/mol. The van der Waals surface area contributed by atoms with Gasteiger partial charge in [0.05, 0.1) is 12.2 Å². The van der Waals surface area contributed by atoms with E-state index in [1.807, 2.05) is 13.8 Å². The van der Waals surface area contributed by atoms with Crippen LogP contribution in [0.1, 0.15) is 31.9 Å². The molecular formula is C13H17ClO3. The Balaban J connectivity index is 2.36. The molecule has 1 aromatic rings. The summed E-state index contributed by atoms with van der Waals surface area (Å²) in [5, 5.41) is 10.8. The minimum Gasteiger partial charge on any atom is -0.484 e. The predicted octanol–water partition coefficient (Wildman–Crippen LogP) is 2.95. The Morgan fingerprint density at radius 1 is 1.59 bits per heavy atom. The number of rotatable bonds is 2. The summed E-state index contributed by atoms with van der Waals surface area (Å²) in [4.78, 5) is 0. The summed E-state index contributed by atoms with van der Waals surface area (Å²) in [5.41, 5.74) is 0.230. The Hall–Kier alpha value is -0.770. The van der Waals surface area contributed by atoms with Crippen LogP contribution in [-0.2, 0) is 4.74 Å². The SMILES string of the molecule is COC(C)C1(C)C[C@H](O)c2cc(Cl)ccc2O1. The van der Waals surface area contributed by atoms with Crippen molar-refractivity contribution in [1.82, 2.24) is 0 Å². The van der Waals surface area contributed by atoms with Crippen LogP contribution >= 0.6 is 11.6 Å². The molecule has 4 heteroatoms. The molecule has 0 radical (unpaired) electrons. The lowest BCUT2D eigenvalue weighted by Crippen LogP contribution is -2.47. The average Bonchev–Trinajstić information content (AvgIpc) is 2.29. The Bertz CT molecular complexity index is 421. The fourth-order valence-electron chi connectivity index (χ4n) is 2.16. The third-order valence-corrected chi connectivity index (χ3v) is 3.72. The zero-order valence-electron chi connectivity index (χ0n) is 10.2. The minimum absolute atomic E-state index is 0.0963. The second kappa shape index (κ2) is 4.48. The molecule has 1 N–H and O–H groups in total. The number of benzene rings is 1. The van der Waals surface area contributed by atoms with Crippen LogP contribution in [-0.4, -0.2) is 23.9 Å². The van der Waals surface area contributed by atoms with Crippen LogP contribution in [0.4, 0.5) is 0 Å². The van der Waals surface area contributed by atoms with Gasteiger partial charge in [0.1, 0.15) is 11.4 Å². The summed E-state index contributed by atoms with van der Waals surface area (Å²) < 4.78 is 11.3. The Labute approximate surface area is 106 Å². The van der Waals surface area contributed by atoms with Crippen LogP contribution < -0.4 is 4.74 Å². The molecule has 1 aliphatic heterocycles. The number of fused-ring (bicyclic) bond motifs is 1. The minimum atomic E-state index is -0.569. The molecule has 1 aliphatic rings. The van der Waals surface area contributed by atoms with Crippen LogP contribution in [0, 0.1) is 0 Å². The molecule has 0 bridgehead atoms. The van der Waals surface area contributed by atoms with Crippen molar-refractivity contribution < 1.29 is 14.6 Å². The van der Waals surface area contributed by atoms with Gasteiger partial charge in [0.2, 0.25) is 0 Å². The van der Waals surface area contributed by atoms with Crippen molar-refractivity contribution in [1.29, 1.82) is 0 Å². The van der Waals surface area contributed by atoms with E-state index in [2.05, 4.69) is 0 Å². The van der Waals surface area contributed by atoms with Gasteiger partial charge in [-0.2, -0.15) is 0 Å². The standard InChI is InChI=1S/C13H17ClO3/c1-8(16-3)13(2)7-11(15)10-6-9(14)4-5-12(10)17-13/h4-6,8,11,15H,7H2,1-3H3/t8?,11-,13?/m0/s1. The van der Waals surface area contributed by atoms with E-state index in [1.165, 1.54) is 0 Å². The molecule has 2 rings (SSSR count). The topological polar surface area (TPSA) is 38.7 Å². The van der Waals surface area contributed by atoms with Crippen molar-refractivity contribution in [2.75, 3.05) is 7.11 Å². The highest BCUT2D eigenvalue weighted by molar-refractivity contribution is 6.30. The summed E-state index contributed by atoms with van der Waals surface area (Å²) in [6, 6.07) is 5.30. The van der Waals surface area contributed by atoms with Crippen molar-refractivity contribution in [3.63, 3.8) is 0 Å². The molecule has 0 saturated heterocycles. The zero-order valence-corrected chi connectivity index (χ0v) is 11.0. The van der Waals surface area contributed by atoms with Gasteiger partial charge in [-0.25, -0.2) is 0 Å². The van der Waals surface area contributed by atoms with Gasteiger partial charge in [-0.05, 0) is 32.0 Å². The maximum atomic E-state index is 10.2. The van der Waals surface area contributed by atoms with Gasteiger partial charge in [-0.1, -0.05) is 11.6 Å². The molecule has 0 aromatic heterocycles. The molecule has 3 atom stereocenters. The van der Waals surface area contributed by atoms with E-state index in [-0.39, 0.29) is 6.10 Å². The van der Waals surface area contributed by atoms with Gasteiger partial charge in [0, 0.05) is 24.1 Å². The summed E-state index contributed by atoms with van der Waals surface area (Å²) in [6.07, 6.45) is -0.170. The molecule has 1 aromatic carbocycles. The van der Waals surface area contributed by atoms with Crippen LogP contribution in [0.5, 0.6) is 5.75 Å². The maximum absolute atomic E-state index is 10.2. The highest BCUT2D eigenvalue weighted by Crippen LogP contribution is 2.42. The average molecular weight is 257 g/mol. The molecule has 0 fully saturated rings. The predicted molar refractivity (Wildman–Crippen MR) is 66.5 cm³/mol. The van der Waals surface area contributed by atoms with Crippen LogP contribution in [0.3, 0.4) is 0 Å². The van der Waals surface area contributed by atoms with E-state index in [1.54, 1.807) is 25.3 Å². The molecule has 2 unspecified atom stereocenters. The fourth-order valence-corrected chi connectivity index (χ4v) is 2.34. The molecule has 94 valence electrons. The Morgan fingerprint density at radius 3 is 2.94 bits per heavy atom. The van der Waals surface area contributed by atoms with E-state index < -0.39 is 11.7 Å². The summed E-state index contributed by atoms with van der Waals surface area (Å²) in [5.74, 6) is 0.680. The summed E-state index contributed by atoms with van der Waals surface area (Å²) >= 11 is 5.91. The molecule has 0 saturated carbocycles. The number of hydrogen-bond acceptors (Lipinski definition) is 3. The summed E-state index contributed by atoms with van der Waals surface area (Å²) in [7, 11) is 1.64. The monoisotopic (exact) mass is 256 g/mol. The second-order valence-corrected chi connectivity index (χ2v) is 5.13. The van der Waals surface area contributed by atoms with Crippen molar-refractivity contribution in [3.8, 4) is 5.75 Å². The number of aliphatic hydroxyl groups is 1. The van der Waals surface area contributed by atoms with E-state index in [0.717, 1.165) is 5.56 Å². The van der Waals surface area contributed by atoms with Crippen LogP contribution in [0.2, 0.25) is 5.02 Å². The highest BCUT2D eigenvalue weighted by atomic mass is 35.5. The maximum Gasteiger partial charge on any atom is 0.135 e. The lowest BCUT2D eigenvalue weighted by atomic mass is 9.86. The summed E-state index contributed by atoms with van der Waals surface area (Å²) in [6.45, 7) is 3.88. The van der Waals surface area contributed by atoms with E-state index in [9.17, 15) is 5.11 Å². The Morgan fingerprint density at radius 2 is 2.29 bits per heavy atom. The normalized spacial score (nSPS) is 29.4. The third-order valence-electron chi connectivity index (χ3n) is 3.49. The number of aliphatic hydroxyl groups excluding tert-OH is 1. The van der Waals surface area contributed by atoms with Gasteiger partial charge in [-0.3, -0.25) is 0 Å². The first-order valence-electron chi connectivity index (χ1n) is 5.65. The van der Waals surface area contributed by atoms with Crippen molar-refractivity contribution >= 4 is 11.6 Å². The lowest BCUT2D eigenvalue weighted by molar-refractivity contribution is -0.0919. The number of methoxy groups -OCH3 is 1. The highest BCUT2D eigenvalue weighted by Gasteiger charge is 2.41. The van der Waals surface area contributed by atoms with Crippen molar-refractivity contribution in [3.05, 3.63) is 28.8 Å². The molecule has 17 heavy (non-hydrogen) atoms. The molecule has 0 spiro atoms. The number of ether oxygens (including phenoxy) is 2. The second-order valence-electron chi connectivity index (χ2n) is 4.69. The van der Waals surface area contributed by atoms with Crippen molar-refractivity contribution in [2.45, 2.75) is 38.1 Å². The first kappa shape index (κ1) is 12.7. The fraction of sp³-hybridized carbons (Fsp3) is 0.538. The Kier molecular flexibility index (Phi) is 3.34. The molecule has 0 aliphatic carbocycles. The first-order chi connectivity index (χ1) is 7.96.